The van der Waals surface area contributed by atoms with E-state index in [-0.39, 0.29) is 25.3 Å². The van der Waals surface area contributed by atoms with Crippen molar-refractivity contribution in [3.63, 3.8) is 0 Å². The number of carbonyl (C=O) groups is 2. The molecule has 2 aromatic carbocycles. The minimum atomic E-state index is -0.584. The Kier molecular flexibility index (Phi) is 17.7. The summed E-state index contributed by atoms with van der Waals surface area (Å²) in [5, 5.41) is 17.4. The molecule has 3 aliphatic rings. The van der Waals surface area contributed by atoms with Gasteiger partial charge in [-0.2, -0.15) is 13.5 Å². The number of nitrogens with zero attached hydrogens (tertiary/aromatic N) is 1. The minimum Gasteiger partial charge on any atom is -0.507 e. The lowest BCUT2D eigenvalue weighted by atomic mass is 9.99. The van der Waals surface area contributed by atoms with E-state index in [0.717, 1.165) is 39.8 Å². The highest BCUT2D eigenvalue weighted by Crippen LogP contribution is 2.50. The largest absolute Gasteiger partial charge is 0.507 e. The molecular weight excluding hydrogens is 701 g/mol. The van der Waals surface area contributed by atoms with Crippen LogP contribution in [0.2, 0.25) is 0 Å². The number of hydrogen-bond acceptors (Lipinski definition) is 6. The third kappa shape index (κ3) is 12.2. The van der Waals surface area contributed by atoms with Gasteiger partial charge in [-0.25, -0.2) is 4.79 Å². The molecule has 3 unspecified atom stereocenters. The fourth-order valence-corrected chi connectivity index (χ4v) is 6.86. The van der Waals surface area contributed by atoms with E-state index in [2.05, 4.69) is 43.6 Å². The molecule has 288 valence electrons. The highest BCUT2D eigenvalue weighted by molar-refractivity contribution is 7.59. The average molecular weight is 761 g/mol. The Balaban J connectivity index is 0.000000303. The minimum absolute atomic E-state index is 0. The molecular formula is C44H60N2O5S2. The van der Waals surface area contributed by atoms with Crippen LogP contribution >= 0.6 is 24.8 Å². The molecule has 0 bridgehead atoms. The van der Waals surface area contributed by atoms with Crippen molar-refractivity contribution in [1.29, 1.82) is 0 Å². The Morgan fingerprint density at radius 2 is 1.79 bits per heavy atom. The fourth-order valence-electron chi connectivity index (χ4n) is 6.11. The summed E-state index contributed by atoms with van der Waals surface area (Å²) in [6.07, 6.45) is 13.8. The topological polar surface area (TPSA) is 88.1 Å². The highest BCUT2D eigenvalue weighted by Gasteiger charge is 2.58. The van der Waals surface area contributed by atoms with Crippen molar-refractivity contribution in [2.75, 3.05) is 13.2 Å². The first kappa shape index (κ1) is 44.9. The fraction of sp³-hybridized carbons (Fsp3) is 0.409. The van der Waals surface area contributed by atoms with Crippen molar-refractivity contribution in [3.05, 3.63) is 115 Å². The van der Waals surface area contributed by atoms with Gasteiger partial charge in [0.05, 0.1) is 6.61 Å². The molecule has 2 heterocycles. The SMILES string of the molecule is C=C1C=CC=CC1C.C=CC1C[C@]1(NC(=O)C1CCCN1C(=O)OC(C)(C)C)/C(=C\C)OCC.CC.Oc1cc2ccccc2cc1-c1cccs1.S. The van der Waals surface area contributed by atoms with Crippen LogP contribution in [0.5, 0.6) is 5.75 Å². The monoisotopic (exact) mass is 760 g/mol. The van der Waals surface area contributed by atoms with Gasteiger partial charge in [-0.1, -0.05) is 88.1 Å². The van der Waals surface area contributed by atoms with Crippen LogP contribution in [0.1, 0.15) is 74.7 Å². The van der Waals surface area contributed by atoms with Gasteiger partial charge in [-0.15, -0.1) is 17.9 Å². The summed E-state index contributed by atoms with van der Waals surface area (Å²) in [6.45, 7) is 24.2. The molecule has 1 saturated heterocycles. The van der Waals surface area contributed by atoms with Crippen LogP contribution in [-0.2, 0) is 14.3 Å². The number of hydrogen-bond donors (Lipinski definition) is 2. The quantitative estimate of drug-likeness (QED) is 0.185. The highest BCUT2D eigenvalue weighted by atomic mass is 32.1. The third-order valence-electron chi connectivity index (χ3n) is 8.89. The zero-order valence-electron chi connectivity index (χ0n) is 32.8. The summed E-state index contributed by atoms with van der Waals surface area (Å²) in [5.41, 5.74) is 0.992. The molecule has 6 rings (SSSR count). The summed E-state index contributed by atoms with van der Waals surface area (Å²) in [4.78, 5) is 28.1. The number of allylic oxidation sites excluding steroid dienone is 6. The normalized spacial score (nSPS) is 21.4. The Hall–Kier alpha value is -4.21. The first-order valence-electron chi connectivity index (χ1n) is 18.4. The molecule has 1 saturated carbocycles. The summed E-state index contributed by atoms with van der Waals surface area (Å²) in [7, 11) is 0. The summed E-state index contributed by atoms with van der Waals surface area (Å²) >= 11 is 1.64. The number of benzene rings is 2. The van der Waals surface area contributed by atoms with Gasteiger partial charge in [-0.05, 0) is 106 Å². The van der Waals surface area contributed by atoms with Crippen LogP contribution in [0.4, 0.5) is 4.79 Å². The molecule has 0 radical (unpaired) electrons. The average Bonchev–Trinajstić information content (AvgIpc) is 3.45. The van der Waals surface area contributed by atoms with Crippen LogP contribution in [-0.4, -0.2) is 52.3 Å². The van der Waals surface area contributed by atoms with Crippen molar-refractivity contribution in [1.82, 2.24) is 10.2 Å². The van der Waals surface area contributed by atoms with Crippen LogP contribution in [0.25, 0.3) is 21.2 Å². The number of carbonyl (C=O) groups excluding carboxylic acids is 2. The number of fused-ring (bicyclic) bond motifs is 1. The number of ether oxygens (including phenoxy) is 2. The molecule has 7 nitrogen and oxygen atoms in total. The van der Waals surface area contributed by atoms with Crippen molar-refractivity contribution in [2.45, 2.75) is 91.8 Å². The van der Waals surface area contributed by atoms with Crippen molar-refractivity contribution >= 4 is 47.6 Å². The summed E-state index contributed by atoms with van der Waals surface area (Å²) in [6, 6.07) is 15.4. The van der Waals surface area contributed by atoms with E-state index in [1.807, 2.05) is 121 Å². The second-order valence-electron chi connectivity index (χ2n) is 13.7. The van der Waals surface area contributed by atoms with Crippen molar-refractivity contribution in [2.24, 2.45) is 11.8 Å². The Labute approximate surface area is 328 Å². The molecule has 2 N–H and O–H groups in total. The predicted molar refractivity (Wildman–Crippen MR) is 228 cm³/mol. The van der Waals surface area contributed by atoms with Crippen LogP contribution in [0.15, 0.2) is 115 Å². The zero-order chi connectivity index (χ0) is 38.5. The third-order valence-corrected chi connectivity index (χ3v) is 9.79. The Bertz CT molecular complexity index is 1750. The Morgan fingerprint density at radius 3 is 2.30 bits per heavy atom. The number of rotatable bonds is 7. The number of nitrogens with one attached hydrogen (secondary N) is 1. The lowest BCUT2D eigenvalue weighted by molar-refractivity contribution is -0.126. The zero-order valence-corrected chi connectivity index (χ0v) is 34.6. The molecule has 4 atom stereocenters. The molecule has 2 aliphatic carbocycles. The van der Waals surface area contributed by atoms with Crippen LogP contribution in [0.3, 0.4) is 0 Å². The maximum absolute atomic E-state index is 13.0. The van der Waals surface area contributed by atoms with Crippen LogP contribution < -0.4 is 5.32 Å². The molecule has 2 amide bonds. The number of phenols is 1. The lowest BCUT2D eigenvalue weighted by Gasteiger charge is -2.30. The molecule has 1 aliphatic heterocycles. The second-order valence-corrected chi connectivity index (χ2v) is 14.7. The van der Waals surface area contributed by atoms with E-state index in [4.69, 9.17) is 9.47 Å². The second kappa shape index (κ2) is 20.9. The summed E-state index contributed by atoms with van der Waals surface area (Å²) in [5.74, 6) is 1.64. The first-order chi connectivity index (χ1) is 24.8. The molecule has 53 heavy (non-hydrogen) atoms. The smallest absolute Gasteiger partial charge is 0.410 e. The van der Waals surface area contributed by atoms with Crippen molar-refractivity contribution in [3.8, 4) is 16.2 Å². The molecule has 9 heteroatoms. The lowest BCUT2D eigenvalue weighted by Crippen LogP contribution is -2.52. The van der Waals surface area contributed by atoms with E-state index >= 15 is 0 Å². The molecule has 2 fully saturated rings. The summed E-state index contributed by atoms with van der Waals surface area (Å²) < 4.78 is 11.2. The number of likely N-dealkylation sites (tertiary alicyclic amines) is 1. The van der Waals surface area contributed by atoms with Gasteiger partial charge in [0.15, 0.2) is 0 Å². The van der Waals surface area contributed by atoms with Gasteiger partial charge in [0, 0.05) is 22.9 Å². The molecule has 3 aromatic rings. The predicted octanol–water partition coefficient (Wildman–Crippen LogP) is 11.1. The first-order valence-corrected chi connectivity index (χ1v) is 19.2. The standard InChI is InChI=1S/C20H32N2O4.C14H10OS.C8H10.C2H6.H2S/c1-7-14-13-20(14,16(8-2)25-9-3)21-17(23)15-11-10-12-22(15)18(24)26-19(4,5)6;15-13-9-11-5-2-1-4-10(11)8-12(13)14-6-3-7-16-14;1-7-5-3-4-6-8(7)2;1-2;/h7-8,14-15H,1,9-13H2,2-6H3,(H,21,23);1-9,15H;3-6,8H,1H2,2H3;1-2H3;1H2/b16-8+;;;;/t14?,15?,20-;;;;/m1..../s1. The van der Waals surface area contributed by atoms with E-state index in [1.165, 1.54) is 10.5 Å². The van der Waals surface area contributed by atoms with E-state index in [9.17, 15) is 14.7 Å². The van der Waals surface area contributed by atoms with E-state index < -0.39 is 23.3 Å². The maximum Gasteiger partial charge on any atom is 0.410 e. The van der Waals surface area contributed by atoms with Gasteiger partial charge < -0.3 is 19.9 Å². The number of amides is 2. The van der Waals surface area contributed by atoms with Gasteiger partial charge in [0.2, 0.25) is 5.91 Å². The van der Waals surface area contributed by atoms with Gasteiger partial charge >= 0.3 is 6.09 Å². The van der Waals surface area contributed by atoms with Crippen molar-refractivity contribution < 1.29 is 24.2 Å². The molecule has 1 aromatic heterocycles. The van der Waals surface area contributed by atoms with Crippen LogP contribution in [0, 0.1) is 11.8 Å². The number of aromatic hydroxyl groups is 1. The van der Waals surface area contributed by atoms with E-state index in [0.29, 0.717) is 31.2 Å². The van der Waals surface area contributed by atoms with Gasteiger partial charge in [0.1, 0.15) is 28.7 Å². The Morgan fingerprint density at radius 1 is 1.11 bits per heavy atom. The maximum atomic E-state index is 13.0. The van der Waals surface area contributed by atoms with E-state index in [1.54, 1.807) is 11.3 Å². The number of phenolic OH excluding ortho intramolecular Hbond substituents is 1. The van der Waals surface area contributed by atoms with Gasteiger partial charge in [-0.3, -0.25) is 9.69 Å². The number of thiophene rings is 1. The molecule has 0 spiro atoms. The van der Waals surface area contributed by atoms with Gasteiger partial charge in [0.25, 0.3) is 0 Å².